The molecule has 0 fully saturated rings. The fraction of sp³-hybridized carbons (Fsp3) is 0.429. The van der Waals surface area contributed by atoms with E-state index in [2.05, 4.69) is 35.1 Å². The molecule has 1 aromatic heterocycles. The van der Waals surface area contributed by atoms with Crippen molar-refractivity contribution in [3.63, 3.8) is 0 Å². The lowest BCUT2D eigenvalue weighted by atomic mass is 9.98. The first-order chi connectivity index (χ1) is 12.6. The third-order valence-electron chi connectivity index (χ3n) is 4.53. The Morgan fingerprint density at radius 2 is 2.12 bits per heavy atom. The van der Waals surface area contributed by atoms with E-state index in [1.54, 1.807) is 6.20 Å². The standard InChI is InChI=1S/C21H27N3O2/c1-16(2)12-19(17-7-5-9-22-13-17)23-21(25)15-24-10-11-26-20-8-4-3-6-18(20)14-24/h3-9,13,16,19H,10-12,14-15H2,1-2H3,(H,23,25)/t19-/m0/s1. The Labute approximate surface area is 155 Å². The Morgan fingerprint density at radius 3 is 2.88 bits per heavy atom. The van der Waals surface area contributed by atoms with Crippen molar-refractivity contribution in [3.05, 3.63) is 59.9 Å². The molecule has 2 heterocycles. The number of nitrogens with zero attached hydrogens (tertiary/aromatic N) is 2. The number of amides is 1. The first-order valence-electron chi connectivity index (χ1n) is 9.24. The SMILES string of the molecule is CC(C)C[C@H](NC(=O)CN1CCOc2ccccc2C1)c1cccnc1. The van der Waals surface area contributed by atoms with Crippen LogP contribution in [0.15, 0.2) is 48.8 Å². The van der Waals surface area contributed by atoms with Gasteiger partial charge < -0.3 is 10.1 Å². The minimum Gasteiger partial charge on any atom is -0.492 e. The molecule has 1 amide bonds. The molecule has 138 valence electrons. The lowest BCUT2D eigenvalue weighted by Gasteiger charge is -2.24. The van der Waals surface area contributed by atoms with Crippen LogP contribution in [0.3, 0.4) is 0 Å². The first kappa shape index (κ1) is 18.4. The minimum absolute atomic E-state index is 0.00767. The number of fused-ring (bicyclic) bond motifs is 1. The van der Waals surface area contributed by atoms with Crippen LogP contribution in [0.4, 0.5) is 0 Å². The van der Waals surface area contributed by atoms with Crippen LogP contribution in [0.5, 0.6) is 5.75 Å². The molecule has 0 radical (unpaired) electrons. The average molecular weight is 353 g/mol. The van der Waals surface area contributed by atoms with E-state index in [1.807, 2.05) is 36.5 Å². The van der Waals surface area contributed by atoms with Gasteiger partial charge in [-0.2, -0.15) is 0 Å². The largest absolute Gasteiger partial charge is 0.492 e. The number of aromatic nitrogens is 1. The van der Waals surface area contributed by atoms with Gasteiger partial charge in [-0.15, -0.1) is 0 Å². The lowest BCUT2D eigenvalue weighted by Crippen LogP contribution is -2.39. The molecule has 1 aliphatic heterocycles. The van der Waals surface area contributed by atoms with Gasteiger partial charge in [0.25, 0.3) is 0 Å². The number of para-hydroxylation sites is 1. The number of hydrogen-bond donors (Lipinski definition) is 1. The van der Waals surface area contributed by atoms with Crippen LogP contribution in [0.2, 0.25) is 0 Å². The fourth-order valence-corrected chi connectivity index (χ4v) is 3.29. The molecule has 5 nitrogen and oxygen atoms in total. The monoisotopic (exact) mass is 353 g/mol. The molecule has 0 saturated carbocycles. The number of benzene rings is 1. The number of carbonyl (C=O) groups excluding carboxylic acids is 1. The van der Waals surface area contributed by atoms with Crippen LogP contribution >= 0.6 is 0 Å². The van der Waals surface area contributed by atoms with Crippen LogP contribution in [0.1, 0.15) is 37.4 Å². The number of carbonyl (C=O) groups is 1. The molecule has 0 unspecified atom stereocenters. The third-order valence-corrected chi connectivity index (χ3v) is 4.53. The van der Waals surface area contributed by atoms with Crippen LogP contribution in [0.25, 0.3) is 0 Å². The van der Waals surface area contributed by atoms with Gasteiger partial charge in [0, 0.05) is 31.0 Å². The Bertz CT molecular complexity index is 718. The summed E-state index contributed by atoms with van der Waals surface area (Å²) in [5.41, 5.74) is 2.18. The summed E-state index contributed by atoms with van der Waals surface area (Å²) in [5.74, 6) is 1.45. The second kappa shape index (κ2) is 8.81. The van der Waals surface area contributed by atoms with E-state index in [0.717, 1.165) is 36.4 Å². The highest BCUT2D eigenvalue weighted by molar-refractivity contribution is 5.78. The second-order valence-corrected chi connectivity index (χ2v) is 7.20. The van der Waals surface area contributed by atoms with Crippen molar-refractivity contribution in [1.82, 2.24) is 15.2 Å². The number of hydrogen-bond acceptors (Lipinski definition) is 4. The van der Waals surface area contributed by atoms with Crippen LogP contribution in [-0.2, 0) is 11.3 Å². The highest BCUT2D eigenvalue weighted by Gasteiger charge is 2.20. The predicted octanol–water partition coefficient (Wildman–Crippen LogP) is 3.18. The molecule has 2 aromatic rings. The molecule has 1 atom stereocenters. The summed E-state index contributed by atoms with van der Waals surface area (Å²) >= 11 is 0. The summed E-state index contributed by atoms with van der Waals surface area (Å²) < 4.78 is 5.78. The number of pyridine rings is 1. The third kappa shape index (κ3) is 5.05. The highest BCUT2D eigenvalue weighted by Crippen LogP contribution is 2.23. The first-order valence-corrected chi connectivity index (χ1v) is 9.24. The van der Waals surface area contributed by atoms with E-state index in [0.29, 0.717) is 19.1 Å². The molecule has 0 bridgehead atoms. The van der Waals surface area contributed by atoms with Gasteiger partial charge in [0.2, 0.25) is 5.91 Å². The molecule has 26 heavy (non-hydrogen) atoms. The van der Waals surface area contributed by atoms with Gasteiger partial charge >= 0.3 is 0 Å². The van der Waals surface area contributed by atoms with E-state index >= 15 is 0 Å². The number of ether oxygens (including phenoxy) is 1. The maximum Gasteiger partial charge on any atom is 0.234 e. The van der Waals surface area contributed by atoms with Gasteiger partial charge in [0.1, 0.15) is 12.4 Å². The zero-order valence-corrected chi connectivity index (χ0v) is 15.5. The van der Waals surface area contributed by atoms with E-state index in [9.17, 15) is 4.79 Å². The molecule has 3 rings (SSSR count). The maximum atomic E-state index is 12.7. The predicted molar refractivity (Wildman–Crippen MR) is 102 cm³/mol. The molecule has 1 aromatic carbocycles. The molecule has 0 aliphatic carbocycles. The van der Waals surface area contributed by atoms with E-state index in [4.69, 9.17) is 4.74 Å². The molecule has 0 saturated heterocycles. The van der Waals surface area contributed by atoms with Crippen LogP contribution in [-0.4, -0.2) is 35.5 Å². The Kier molecular flexibility index (Phi) is 6.23. The zero-order valence-electron chi connectivity index (χ0n) is 15.5. The number of rotatable bonds is 6. The van der Waals surface area contributed by atoms with Crippen molar-refractivity contribution in [2.75, 3.05) is 19.7 Å². The maximum absolute atomic E-state index is 12.7. The van der Waals surface area contributed by atoms with Crippen LogP contribution in [0, 0.1) is 5.92 Å². The smallest absolute Gasteiger partial charge is 0.234 e. The summed E-state index contributed by atoms with van der Waals surface area (Å²) in [4.78, 5) is 19.0. The molecular formula is C21H27N3O2. The van der Waals surface area contributed by atoms with Crippen molar-refractivity contribution in [1.29, 1.82) is 0 Å². The zero-order chi connectivity index (χ0) is 18.4. The lowest BCUT2D eigenvalue weighted by molar-refractivity contribution is -0.123. The summed E-state index contributed by atoms with van der Waals surface area (Å²) in [5, 5.41) is 3.19. The summed E-state index contributed by atoms with van der Waals surface area (Å²) in [6, 6.07) is 12.0. The quantitative estimate of drug-likeness (QED) is 0.867. The Balaban J connectivity index is 1.63. The van der Waals surface area contributed by atoms with Crippen molar-refractivity contribution < 1.29 is 9.53 Å². The van der Waals surface area contributed by atoms with E-state index in [1.165, 1.54) is 0 Å². The molecule has 1 aliphatic rings. The summed E-state index contributed by atoms with van der Waals surface area (Å²) in [6.07, 6.45) is 4.49. The summed E-state index contributed by atoms with van der Waals surface area (Å²) in [7, 11) is 0. The fourth-order valence-electron chi connectivity index (χ4n) is 3.29. The van der Waals surface area contributed by atoms with Crippen molar-refractivity contribution in [2.24, 2.45) is 5.92 Å². The Hall–Kier alpha value is -2.40. The van der Waals surface area contributed by atoms with E-state index in [-0.39, 0.29) is 11.9 Å². The second-order valence-electron chi connectivity index (χ2n) is 7.20. The van der Waals surface area contributed by atoms with Crippen molar-refractivity contribution in [2.45, 2.75) is 32.9 Å². The van der Waals surface area contributed by atoms with Crippen molar-refractivity contribution in [3.8, 4) is 5.75 Å². The van der Waals surface area contributed by atoms with E-state index < -0.39 is 0 Å². The van der Waals surface area contributed by atoms with Crippen LogP contribution < -0.4 is 10.1 Å². The van der Waals surface area contributed by atoms with Gasteiger partial charge in [-0.3, -0.25) is 14.7 Å². The number of nitrogens with one attached hydrogen (secondary N) is 1. The topological polar surface area (TPSA) is 54.5 Å². The van der Waals surface area contributed by atoms with Gasteiger partial charge in [-0.1, -0.05) is 38.1 Å². The van der Waals surface area contributed by atoms with Gasteiger partial charge in [0.15, 0.2) is 0 Å². The molecule has 5 heteroatoms. The van der Waals surface area contributed by atoms with Crippen molar-refractivity contribution >= 4 is 5.91 Å². The molecule has 1 N–H and O–H groups in total. The van der Waals surface area contributed by atoms with Gasteiger partial charge in [-0.25, -0.2) is 0 Å². The van der Waals surface area contributed by atoms with Gasteiger partial charge in [-0.05, 0) is 30.0 Å². The summed E-state index contributed by atoms with van der Waals surface area (Å²) in [6.45, 7) is 6.77. The Morgan fingerprint density at radius 1 is 1.27 bits per heavy atom. The minimum atomic E-state index is -0.00767. The molecular weight excluding hydrogens is 326 g/mol. The van der Waals surface area contributed by atoms with Gasteiger partial charge in [0.05, 0.1) is 12.6 Å². The normalized spacial score (nSPS) is 15.7. The highest BCUT2D eigenvalue weighted by atomic mass is 16.5. The molecule has 0 spiro atoms. The average Bonchev–Trinajstić information content (AvgIpc) is 2.83.